The van der Waals surface area contributed by atoms with Crippen molar-refractivity contribution in [2.24, 2.45) is 0 Å². The van der Waals surface area contributed by atoms with Gasteiger partial charge >= 0.3 is 0 Å². The number of hydrogen-bond acceptors (Lipinski definition) is 2. The molecule has 2 nitrogen and oxygen atoms in total. The van der Waals surface area contributed by atoms with Gasteiger partial charge in [-0.3, -0.25) is 0 Å². The van der Waals surface area contributed by atoms with Gasteiger partial charge in [0, 0.05) is 21.7 Å². The minimum absolute atomic E-state index is 0.0604. The molecule has 2 heteroatoms. The van der Waals surface area contributed by atoms with Crippen LogP contribution in [0.1, 0.15) is 20.8 Å². The Morgan fingerprint density at radius 2 is 0.971 bits per heavy atom. The van der Waals surface area contributed by atoms with Crippen molar-refractivity contribution in [3.63, 3.8) is 0 Å². The molecule has 0 atom stereocenters. The van der Waals surface area contributed by atoms with Gasteiger partial charge < -0.3 is 5.32 Å². The van der Waals surface area contributed by atoms with E-state index in [0.717, 1.165) is 16.7 Å². The summed E-state index contributed by atoms with van der Waals surface area (Å²) < 4.78 is 0. The molecule has 7 aromatic rings. The van der Waals surface area contributed by atoms with E-state index in [-0.39, 0.29) is 5.54 Å². The van der Waals surface area contributed by atoms with Crippen LogP contribution in [0.25, 0.3) is 64.8 Å². The van der Waals surface area contributed by atoms with E-state index in [9.17, 15) is 0 Å². The monoisotopic (exact) mass is 450 g/mol. The summed E-state index contributed by atoms with van der Waals surface area (Å²) in [6.45, 7) is 6.51. The first-order valence-electron chi connectivity index (χ1n) is 12.2. The van der Waals surface area contributed by atoms with E-state index in [1.54, 1.807) is 0 Å². The van der Waals surface area contributed by atoms with Crippen LogP contribution in [0.5, 0.6) is 0 Å². The zero-order chi connectivity index (χ0) is 23.7. The van der Waals surface area contributed by atoms with E-state index in [1.165, 1.54) is 53.9 Å². The highest BCUT2D eigenvalue weighted by Gasteiger charge is 2.16. The Labute approximate surface area is 204 Å². The third-order valence-corrected chi connectivity index (χ3v) is 7.03. The molecule has 0 aliphatic carbocycles. The first-order valence-corrected chi connectivity index (χ1v) is 12.2. The predicted molar refractivity (Wildman–Crippen MR) is 153 cm³/mol. The van der Waals surface area contributed by atoms with Crippen LogP contribution in [0.4, 0.5) is 5.82 Å². The van der Waals surface area contributed by atoms with Gasteiger partial charge in [-0.15, -0.1) is 0 Å². The van der Waals surface area contributed by atoms with E-state index in [2.05, 4.69) is 123 Å². The van der Waals surface area contributed by atoms with Crippen molar-refractivity contribution in [2.45, 2.75) is 26.3 Å². The van der Waals surface area contributed by atoms with E-state index in [1.807, 2.05) is 0 Å². The molecular formula is C33H26N2. The lowest BCUT2D eigenvalue weighted by molar-refractivity contribution is 0.631. The second-order valence-electron chi connectivity index (χ2n) is 10.5. The van der Waals surface area contributed by atoms with Gasteiger partial charge in [-0.05, 0) is 76.0 Å². The molecule has 6 aromatic carbocycles. The van der Waals surface area contributed by atoms with Crippen molar-refractivity contribution in [3.05, 3.63) is 97.1 Å². The molecule has 0 aliphatic heterocycles. The Bertz CT molecular complexity index is 1920. The molecule has 1 N–H and O–H groups in total. The van der Waals surface area contributed by atoms with Gasteiger partial charge in [-0.1, -0.05) is 84.9 Å². The van der Waals surface area contributed by atoms with Crippen molar-refractivity contribution in [3.8, 4) is 0 Å². The Morgan fingerprint density at radius 1 is 0.486 bits per heavy atom. The molecule has 168 valence electrons. The summed E-state index contributed by atoms with van der Waals surface area (Å²) >= 11 is 0. The summed E-state index contributed by atoms with van der Waals surface area (Å²) in [5, 5.41) is 17.5. The maximum absolute atomic E-state index is 5.18. The standard InChI is InChI=1S/C33H26N2/c1-33(2,3)35-28-19-17-22-15-14-21-13-12-20-16-18-27-25-10-5-4-8-23(25)24-9-6-7-11-26(24)31(27)29(20)30(21)32(22)34-28/h4-19H,1-3H3,(H,34,35). The quantitative estimate of drug-likeness (QED) is 0.252. The number of hydrogen-bond donors (Lipinski definition) is 1. The Kier molecular flexibility index (Phi) is 4.14. The third kappa shape index (κ3) is 3.06. The molecular weight excluding hydrogens is 424 g/mol. The largest absolute Gasteiger partial charge is 0.365 e. The van der Waals surface area contributed by atoms with Crippen LogP contribution in [-0.2, 0) is 0 Å². The highest BCUT2D eigenvalue weighted by Crippen LogP contribution is 2.42. The topological polar surface area (TPSA) is 24.9 Å². The first-order chi connectivity index (χ1) is 17.0. The van der Waals surface area contributed by atoms with Gasteiger partial charge in [-0.25, -0.2) is 4.98 Å². The SMILES string of the molecule is CC(C)(C)Nc1ccc2ccc3ccc4ccc5c6ccccc6c6ccccc6c5c4c3c2n1. The molecule has 0 spiro atoms. The van der Waals surface area contributed by atoms with E-state index < -0.39 is 0 Å². The minimum atomic E-state index is -0.0604. The number of benzene rings is 6. The average Bonchev–Trinajstić information content (AvgIpc) is 2.87. The first kappa shape index (κ1) is 20.2. The number of rotatable bonds is 1. The molecule has 0 aliphatic rings. The van der Waals surface area contributed by atoms with Gasteiger partial charge in [0.1, 0.15) is 5.82 Å². The van der Waals surface area contributed by atoms with Crippen LogP contribution in [-0.4, -0.2) is 10.5 Å². The van der Waals surface area contributed by atoms with Crippen molar-refractivity contribution in [1.82, 2.24) is 4.98 Å². The fourth-order valence-electron chi connectivity index (χ4n) is 5.66. The number of fused-ring (bicyclic) bond motifs is 12. The van der Waals surface area contributed by atoms with Gasteiger partial charge in [0.05, 0.1) is 5.52 Å². The molecule has 0 amide bonds. The fraction of sp³-hybridized carbons (Fsp3) is 0.121. The Hall–Kier alpha value is -4.17. The number of aromatic nitrogens is 1. The number of pyridine rings is 1. The normalized spacial score (nSPS) is 12.4. The molecule has 1 heterocycles. The smallest absolute Gasteiger partial charge is 0.127 e. The van der Waals surface area contributed by atoms with Crippen LogP contribution in [0.2, 0.25) is 0 Å². The summed E-state index contributed by atoms with van der Waals surface area (Å²) in [6, 6.07) is 35.4. The van der Waals surface area contributed by atoms with Gasteiger partial charge in [-0.2, -0.15) is 0 Å². The van der Waals surface area contributed by atoms with Gasteiger partial charge in [0.25, 0.3) is 0 Å². The van der Waals surface area contributed by atoms with Crippen molar-refractivity contribution in [1.29, 1.82) is 0 Å². The highest BCUT2D eigenvalue weighted by molar-refractivity contribution is 6.37. The Balaban J connectivity index is 1.76. The molecule has 0 saturated carbocycles. The molecule has 7 rings (SSSR count). The van der Waals surface area contributed by atoms with Gasteiger partial charge in [0.15, 0.2) is 0 Å². The lowest BCUT2D eigenvalue weighted by Gasteiger charge is -2.21. The van der Waals surface area contributed by atoms with Crippen LogP contribution in [0.3, 0.4) is 0 Å². The lowest BCUT2D eigenvalue weighted by atomic mass is 9.88. The molecule has 0 fully saturated rings. The summed E-state index contributed by atoms with van der Waals surface area (Å²) in [5.74, 6) is 0.907. The van der Waals surface area contributed by atoms with Crippen LogP contribution < -0.4 is 5.32 Å². The minimum Gasteiger partial charge on any atom is -0.365 e. The zero-order valence-corrected chi connectivity index (χ0v) is 20.2. The molecule has 0 saturated heterocycles. The number of nitrogens with zero attached hydrogens (tertiary/aromatic N) is 1. The molecule has 0 unspecified atom stereocenters. The summed E-state index contributed by atoms with van der Waals surface area (Å²) in [5.41, 5.74) is 0.988. The van der Waals surface area contributed by atoms with E-state index >= 15 is 0 Å². The molecule has 1 aromatic heterocycles. The van der Waals surface area contributed by atoms with Crippen molar-refractivity contribution < 1.29 is 0 Å². The number of anilines is 1. The summed E-state index contributed by atoms with van der Waals surface area (Å²) in [6.07, 6.45) is 0. The summed E-state index contributed by atoms with van der Waals surface area (Å²) in [4.78, 5) is 5.18. The fourth-order valence-corrected chi connectivity index (χ4v) is 5.66. The maximum Gasteiger partial charge on any atom is 0.127 e. The van der Waals surface area contributed by atoms with Crippen LogP contribution in [0.15, 0.2) is 97.1 Å². The predicted octanol–water partition coefficient (Wildman–Crippen LogP) is 9.21. The third-order valence-electron chi connectivity index (χ3n) is 7.03. The molecule has 0 radical (unpaired) electrons. The maximum atomic E-state index is 5.18. The molecule has 35 heavy (non-hydrogen) atoms. The van der Waals surface area contributed by atoms with Crippen molar-refractivity contribution >= 4 is 70.6 Å². The second kappa shape index (κ2) is 7.16. The van der Waals surface area contributed by atoms with Crippen LogP contribution in [0, 0.1) is 0 Å². The lowest BCUT2D eigenvalue weighted by Crippen LogP contribution is -2.26. The average molecular weight is 451 g/mol. The molecule has 0 bridgehead atoms. The van der Waals surface area contributed by atoms with Crippen LogP contribution >= 0.6 is 0 Å². The summed E-state index contributed by atoms with van der Waals surface area (Å²) in [7, 11) is 0. The second-order valence-corrected chi connectivity index (χ2v) is 10.5. The Morgan fingerprint density at radius 3 is 1.63 bits per heavy atom. The highest BCUT2D eigenvalue weighted by atomic mass is 15.0. The van der Waals surface area contributed by atoms with Gasteiger partial charge in [0.2, 0.25) is 0 Å². The van der Waals surface area contributed by atoms with Crippen molar-refractivity contribution in [2.75, 3.05) is 5.32 Å². The van der Waals surface area contributed by atoms with E-state index in [0.29, 0.717) is 0 Å². The van der Waals surface area contributed by atoms with E-state index in [4.69, 9.17) is 4.98 Å². The number of nitrogens with one attached hydrogen (secondary N) is 1. The zero-order valence-electron chi connectivity index (χ0n) is 20.2.